The highest BCUT2D eigenvalue weighted by molar-refractivity contribution is 14.0. The van der Waals surface area contributed by atoms with Gasteiger partial charge in [-0.2, -0.15) is 0 Å². The molecular formula is C25H35IN4O. The maximum atomic E-state index is 11.7. The van der Waals surface area contributed by atoms with Crippen molar-refractivity contribution in [1.82, 2.24) is 15.5 Å². The molecule has 1 amide bonds. The molecule has 0 bridgehead atoms. The van der Waals surface area contributed by atoms with E-state index in [2.05, 4.69) is 83.1 Å². The lowest BCUT2D eigenvalue weighted by Gasteiger charge is -2.34. The third-order valence-corrected chi connectivity index (χ3v) is 5.83. The summed E-state index contributed by atoms with van der Waals surface area (Å²) >= 11 is 0. The van der Waals surface area contributed by atoms with Gasteiger partial charge in [0.05, 0.1) is 6.54 Å². The van der Waals surface area contributed by atoms with Gasteiger partial charge in [-0.05, 0) is 36.8 Å². The lowest BCUT2D eigenvalue weighted by atomic mass is 9.91. The molecule has 1 saturated heterocycles. The van der Waals surface area contributed by atoms with Gasteiger partial charge in [-0.15, -0.1) is 24.0 Å². The summed E-state index contributed by atoms with van der Waals surface area (Å²) in [6.07, 6.45) is 2.68. The Hall–Kier alpha value is -2.09. The predicted octanol–water partition coefficient (Wildman–Crippen LogP) is 4.25. The summed E-state index contributed by atoms with van der Waals surface area (Å²) in [5.74, 6) is 1.81. The zero-order valence-electron chi connectivity index (χ0n) is 18.6. The van der Waals surface area contributed by atoms with Crippen molar-refractivity contribution < 1.29 is 4.79 Å². The summed E-state index contributed by atoms with van der Waals surface area (Å²) in [5, 5.41) is 6.22. The molecule has 168 valence electrons. The first-order chi connectivity index (χ1) is 14.7. The van der Waals surface area contributed by atoms with Gasteiger partial charge < -0.3 is 15.5 Å². The number of piperidine rings is 1. The summed E-state index contributed by atoms with van der Waals surface area (Å²) in [7, 11) is 1.71. The molecule has 3 rings (SSSR count). The van der Waals surface area contributed by atoms with Crippen LogP contribution in [0.2, 0.25) is 0 Å². The lowest BCUT2D eigenvalue weighted by molar-refractivity contribution is -0.121. The average molecular weight is 534 g/mol. The fraction of sp³-hybridized carbons (Fsp3) is 0.440. The Kier molecular flexibility index (Phi) is 10.8. The van der Waals surface area contributed by atoms with E-state index in [0.29, 0.717) is 18.9 Å². The number of benzene rings is 2. The number of halogens is 1. The SMILES string of the molecule is CCNC(=NCC(c1ccccc1)c1ccccc1)N1CCC(CC(=O)NC)CC1.I. The van der Waals surface area contributed by atoms with E-state index in [1.807, 2.05) is 0 Å². The third-order valence-electron chi connectivity index (χ3n) is 5.83. The largest absolute Gasteiger partial charge is 0.359 e. The second-order valence-electron chi connectivity index (χ2n) is 7.88. The maximum Gasteiger partial charge on any atom is 0.220 e. The van der Waals surface area contributed by atoms with Crippen LogP contribution in [0.5, 0.6) is 0 Å². The molecule has 0 saturated carbocycles. The van der Waals surface area contributed by atoms with Gasteiger partial charge in [-0.25, -0.2) is 0 Å². The molecule has 1 heterocycles. The van der Waals surface area contributed by atoms with Crippen LogP contribution in [0.4, 0.5) is 0 Å². The molecule has 0 atom stereocenters. The van der Waals surface area contributed by atoms with Gasteiger partial charge >= 0.3 is 0 Å². The molecule has 0 radical (unpaired) electrons. The average Bonchev–Trinajstić information content (AvgIpc) is 2.80. The van der Waals surface area contributed by atoms with Crippen molar-refractivity contribution >= 4 is 35.8 Å². The van der Waals surface area contributed by atoms with E-state index in [1.54, 1.807) is 7.05 Å². The molecule has 0 spiro atoms. The molecule has 31 heavy (non-hydrogen) atoms. The molecule has 0 aromatic heterocycles. The molecule has 0 unspecified atom stereocenters. The van der Waals surface area contributed by atoms with E-state index in [-0.39, 0.29) is 35.8 Å². The number of hydrogen-bond donors (Lipinski definition) is 2. The minimum atomic E-state index is 0. The Balaban J connectivity index is 0.00000341. The van der Waals surface area contributed by atoms with Crippen LogP contribution in [-0.2, 0) is 4.79 Å². The topological polar surface area (TPSA) is 56.7 Å². The highest BCUT2D eigenvalue weighted by atomic mass is 127. The van der Waals surface area contributed by atoms with Crippen molar-refractivity contribution in [2.24, 2.45) is 10.9 Å². The van der Waals surface area contributed by atoms with Gasteiger partial charge in [0.2, 0.25) is 5.91 Å². The Labute approximate surface area is 203 Å². The zero-order valence-corrected chi connectivity index (χ0v) is 20.9. The van der Waals surface area contributed by atoms with E-state index in [0.717, 1.165) is 38.4 Å². The van der Waals surface area contributed by atoms with Crippen LogP contribution in [-0.4, -0.2) is 50.0 Å². The predicted molar refractivity (Wildman–Crippen MR) is 139 cm³/mol. The van der Waals surface area contributed by atoms with Crippen molar-refractivity contribution in [3.05, 3.63) is 71.8 Å². The highest BCUT2D eigenvalue weighted by Gasteiger charge is 2.23. The summed E-state index contributed by atoms with van der Waals surface area (Å²) < 4.78 is 0. The lowest BCUT2D eigenvalue weighted by Crippen LogP contribution is -2.46. The van der Waals surface area contributed by atoms with E-state index < -0.39 is 0 Å². The van der Waals surface area contributed by atoms with Crippen molar-refractivity contribution in [2.75, 3.05) is 33.2 Å². The van der Waals surface area contributed by atoms with Gasteiger partial charge in [-0.3, -0.25) is 9.79 Å². The van der Waals surface area contributed by atoms with Gasteiger partial charge in [0.15, 0.2) is 5.96 Å². The molecule has 1 fully saturated rings. The summed E-state index contributed by atoms with van der Waals surface area (Å²) in [6, 6.07) is 21.2. The minimum Gasteiger partial charge on any atom is -0.359 e. The van der Waals surface area contributed by atoms with Gasteiger partial charge in [0.1, 0.15) is 0 Å². The van der Waals surface area contributed by atoms with Crippen LogP contribution in [0.1, 0.15) is 43.2 Å². The molecule has 5 nitrogen and oxygen atoms in total. The van der Waals surface area contributed by atoms with Crippen LogP contribution < -0.4 is 10.6 Å². The Morgan fingerprint density at radius 3 is 2.06 bits per heavy atom. The molecule has 2 N–H and O–H groups in total. The summed E-state index contributed by atoms with van der Waals surface area (Å²) in [5.41, 5.74) is 2.57. The second-order valence-corrected chi connectivity index (χ2v) is 7.88. The maximum absolute atomic E-state index is 11.7. The third kappa shape index (κ3) is 7.52. The van der Waals surface area contributed by atoms with Crippen molar-refractivity contribution in [3.63, 3.8) is 0 Å². The van der Waals surface area contributed by atoms with Crippen molar-refractivity contribution in [2.45, 2.75) is 32.1 Å². The van der Waals surface area contributed by atoms with Crippen LogP contribution in [0, 0.1) is 5.92 Å². The first-order valence-electron chi connectivity index (χ1n) is 11.0. The molecule has 1 aliphatic heterocycles. The fourth-order valence-electron chi connectivity index (χ4n) is 4.09. The van der Waals surface area contributed by atoms with Crippen molar-refractivity contribution in [1.29, 1.82) is 0 Å². The number of aliphatic imine (C=N–C) groups is 1. The van der Waals surface area contributed by atoms with Crippen LogP contribution in [0.25, 0.3) is 0 Å². The summed E-state index contributed by atoms with van der Waals surface area (Å²) in [4.78, 5) is 19.1. The molecule has 0 aliphatic carbocycles. The Bertz CT molecular complexity index is 765. The van der Waals surface area contributed by atoms with Crippen LogP contribution in [0.15, 0.2) is 65.7 Å². The molecular weight excluding hydrogens is 499 g/mol. The van der Waals surface area contributed by atoms with Crippen LogP contribution >= 0.6 is 24.0 Å². The van der Waals surface area contributed by atoms with E-state index in [1.165, 1.54) is 11.1 Å². The first-order valence-corrected chi connectivity index (χ1v) is 11.0. The zero-order chi connectivity index (χ0) is 21.2. The molecule has 2 aromatic carbocycles. The molecule has 2 aromatic rings. The minimum absolute atomic E-state index is 0. The smallest absolute Gasteiger partial charge is 0.220 e. The number of likely N-dealkylation sites (tertiary alicyclic amines) is 1. The van der Waals surface area contributed by atoms with Gasteiger partial charge in [0.25, 0.3) is 0 Å². The number of hydrogen-bond acceptors (Lipinski definition) is 2. The Morgan fingerprint density at radius 2 is 1.58 bits per heavy atom. The number of rotatable bonds is 7. The molecule has 6 heteroatoms. The van der Waals surface area contributed by atoms with E-state index in [9.17, 15) is 4.79 Å². The number of amides is 1. The molecule has 1 aliphatic rings. The number of nitrogens with one attached hydrogen (secondary N) is 2. The number of nitrogens with zero attached hydrogens (tertiary/aromatic N) is 2. The van der Waals surface area contributed by atoms with Gasteiger partial charge in [-0.1, -0.05) is 60.7 Å². The fourth-order valence-corrected chi connectivity index (χ4v) is 4.09. The normalized spacial score (nSPS) is 14.8. The van der Waals surface area contributed by atoms with Gasteiger partial charge in [0, 0.05) is 39.0 Å². The first kappa shape index (κ1) is 25.2. The highest BCUT2D eigenvalue weighted by Crippen LogP contribution is 2.25. The number of carbonyl (C=O) groups excluding carboxylic acids is 1. The van der Waals surface area contributed by atoms with E-state index in [4.69, 9.17) is 4.99 Å². The van der Waals surface area contributed by atoms with Crippen molar-refractivity contribution in [3.8, 4) is 0 Å². The monoisotopic (exact) mass is 534 g/mol. The number of guanidine groups is 1. The van der Waals surface area contributed by atoms with E-state index >= 15 is 0 Å². The second kappa shape index (κ2) is 13.3. The quantitative estimate of drug-likeness (QED) is 0.317. The number of carbonyl (C=O) groups is 1. The van der Waals surface area contributed by atoms with Crippen LogP contribution in [0.3, 0.4) is 0 Å². The Morgan fingerprint density at radius 1 is 1.03 bits per heavy atom. The standard InChI is InChI=1S/C25H34N4O.HI/c1-3-27-25(29-16-14-20(15-17-29)18-24(30)26-2)28-19-23(21-10-6-4-7-11-21)22-12-8-5-9-13-22;/h4-13,20,23H,3,14-19H2,1-2H3,(H,26,30)(H,27,28);1H. The summed E-state index contributed by atoms with van der Waals surface area (Å²) in [6.45, 7) is 5.54.